The summed E-state index contributed by atoms with van der Waals surface area (Å²) in [5, 5.41) is 3.92. The number of hydrogen-bond donors (Lipinski definition) is 1. The van der Waals surface area contributed by atoms with Gasteiger partial charge < -0.3 is 19.7 Å². The van der Waals surface area contributed by atoms with Gasteiger partial charge in [0, 0.05) is 20.1 Å². The van der Waals surface area contributed by atoms with Crippen molar-refractivity contribution in [2.45, 2.75) is 12.5 Å². The normalized spacial score (nSPS) is 12.4. The van der Waals surface area contributed by atoms with Crippen LogP contribution in [-0.4, -0.2) is 30.9 Å². The van der Waals surface area contributed by atoms with Crippen LogP contribution in [0.4, 0.5) is 0 Å². The molecule has 2 aromatic rings. The summed E-state index contributed by atoms with van der Waals surface area (Å²) in [6, 6.07) is 7.73. The van der Waals surface area contributed by atoms with Gasteiger partial charge in [0.05, 0.1) is 7.11 Å². The molecule has 0 aliphatic carbocycles. The van der Waals surface area contributed by atoms with E-state index in [1.54, 1.807) is 14.2 Å². The Morgan fingerprint density at radius 3 is 2.89 bits per heavy atom. The van der Waals surface area contributed by atoms with Crippen LogP contribution in [0.3, 0.4) is 0 Å². The van der Waals surface area contributed by atoms with Gasteiger partial charge in [-0.15, -0.1) is 0 Å². The van der Waals surface area contributed by atoms with E-state index in [0.29, 0.717) is 24.7 Å². The molecule has 19 heavy (non-hydrogen) atoms. The second kappa shape index (κ2) is 6.31. The summed E-state index contributed by atoms with van der Waals surface area (Å²) in [6.45, 7) is 0.303. The fourth-order valence-corrected chi connectivity index (χ4v) is 1.73. The fraction of sp³-hybridized carbons (Fsp3) is 0.385. The third-order valence-corrected chi connectivity index (χ3v) is 2.75. The standard InChI is InChI=1S/C13H17N3O3/c1-17-10-5-3-4-9(6-10)7-12-15-13(19-16-12)11(8-14)18-2/h3-6,11H,7-8,14H2,1-2H3. The van der Waals surface area contributed by atoms with Crippen LogP contribution in [-0.2, 0) is 11.2 Å². The molecule has 0 saturated carbocycles. The van der Waals surface area contributed by atoms with Crippen LogP contribution in [0.2, 0.25) is 0 Å². The molecule has 1 atom stereocenters. The maximum atomic E-state index is 5.55. The Bertz CT molecular complexity index is 523. The predicted octanol–water partition coefficient (Wildman–Crippen LogP) is 1.32. The topological polar surface area (TPSA) is 83.4 Å². The maximum Gasteiger partial charge on any atom is 0.257 e. The van der Waals surface area contributed by atoms with Gasteiger partial charge in [-0.1, -0.05) is 17.3 Å². The molecule has 1 aromatic heterocycles. The molecule has 0 amide bonds. The van der Waals surface area contributed by atoms with E-state index >= 15 is 0 Å². The summed E-state index contributed by atoms with van der Waals surface area (Å²) in [4.78, 5) is 4.28. The smallest absolute Gasteiger partial charge is 0.257 e. The van der Waals surface area contributed by atoms with Crippen molar-refractivity contribution in [2.24, 2.45) is 5.73 Å². The lowest BCUT2D eigenvalue weighted by molar-refractivity contribution is 0.0804. The van der Waals surface area contributed by atoms with Gasteiger partial charge in [0.1, 0.15) is 11.9 Å². The first-order valence-electron chi connectivity index (χ1n) is 5.95. The van der Waals surface area contributed by atoms with Crippen molar-refractivity contribution in [1.29, 1.82) is 0 Å². The minimum atomic E-state index is -0.355. The fourth-order valence-electron chi connectivity index (χ4n) is 1.73. The monoisotopic (exact) mass is 263 g/mol. The van der Waals surface area contributed by atoms with Gasteiger partial charge in [-0.25, -0.2) is 0 Å². The van der Waals surface area contributed by atoms with Crippen molar-refractivity contribution in [1.82, 2.24) is 10.1 Å². The Kier molecular flexibility index (Phi) is 4.48. The predicted molar refractivity (Wildman–Crippen MR) is 68.9 cm³/mol. The Labute approximate surface area is 111 Å². The van der Waals surface area contributed by atoms with E-state index in [1.165, 1.54) is 0 Å². The summed E-state index contributed by atoms with van der Waals surface area (Å²) in [5.74, 6) is 1.81. The van der Waals surface area contributed by atoms with Crippen molar-refractivity contribution < 1.29 is 14.0 Å². The number of ether oxygens (including phenoxy) is 2. The van der Waals surface area contributed by atoms with Gasteiger partial charge in [-0.2, -0.15) is 4.98 Å². The van der Waals surface area contributed by atoms with Crippen LogP contribution in [0.15, 0.2) is 28.8 Å². The number of benzene rings is 1. The van der Waals surface area contributed by atoms with Crippen LogP contribution in [0.5, 0.6) is 5.75 Å². The highest BCUT2D eigenvalue weighted by molar-refractivity contribution is 5.30. The third-order valence-electron chi connectivity index (χ3n) is 2.75. The third kappa shape index (κ3) is 3.30. The van der Waals surface area contributed by atoms with Gasteiger partial charge >= 0.3 is 0 Å². The molecule has 0 spiro atoms. The minimum Gasteiger partial charge on any atom is -0.497 e. The zero-order valence-corrected chi connectivity index (χ0v) is 11.0. The molecule has 0 bridgehead atoms. The van der Waals surface area contributed by atoms with Gasteiger partial charge in [0.25, 0.3) is 5.89 Å². The highest BCUT2D eigenvalue weighted by Gasteiger charge is 2.16. The molecular formula is C13H17N3O3. The zero-order valence-electron chi connectivity index (χ0n) is 11.0. The van der Waals surface area contributed by atoms with Crippen LogP contribution in [0, 0.1) is 0 Å². The lowest BCUT2D eigenvalue weighted by Crippen LogP contribution is -2.14. The Hall–Kier alpha value is -1.92. The highest BCUT2D eigenvalue weighted by atomic mass is 16.5. The summed E-state index contributed by atoms with van der Waals surface area (Å²) >= 11 is 0. The number of rotatable bonds is 6. The number of aromatic nitrogens is 2. The van der Waals surface area contributed by atoms with Crippen molar-refractivity contribution in [3.63, 3.8) is 0 Å². The van der Waals surface area contributed by atoms with E-state index in [9.17, 15) is 0 Å². The summed E-state index contributed by atoms with van der Waals surface area (Å²) in [5.41, 5.74) is 6.60. The van der Waals surface area contributed by atoms with Crippen molar-refractivity contribution in [2.75, 3.05) is 20.8 Å². The SMILES string of the molecule is COc1cccc(Cc2noc(C(CN)OC)n2)c1. The van der Waals surface area contributed by atoms with Gasteiger partial charge in [0.2, 0.25) is 0 Å². The number of nitrogens with two attached hydrogens (primary N) is 1. The van der Waals surface area contributed by atoms with Crippen LogP contribution >= 0.6 is 0 Å². The Balaban J connectivity index is 2.10. The molecule has 2 N–H and O–H groups in total. The molecule has 0 aliphatic heterocycles. The first-order valence-corrected chi connectivity index (χ1v) is 5.95. The van der Waals surface area contributed by atoms with E-state index in [0.717, 1.165) is 11.3 Å². The lowest BCUT2D eigenvalue weighted by Gasteiger charge is -2.05. The average Bonchev–Trinajstić information content (AvgIpc) is 2.89. The summed E-state index contributed by atoms with van der Waals surface area (Å²) in [7, 11) is 3.19. The summed E-state index contributed by atoms with van der Waals surface area (Å²) < 4.78 is 15.5. The molecule has 102 valence electrons. The van der Waals surface area contributed by atoms with Crippen LogP contribution in [0.1, 0.15) is 23.4 Å². The van der Waals surface area contributed by atoms with Gasteiger partial charge in [-0.3, -0.25) is 0 Å². The molecule has 0 radical (unpaired) electrons. The number of nitrogens with zero attached hydrogens (tertiary/aromatic N) is 2. The van der Waals surface area contributed by atoms with E-state index in [1.807, 2.05) is 24.3 Å². The largest absolute Gasteiger partial charge is 0.497 e. The van der Waals surface area contributed by atoms with E-state index in [-0.39, 0.29) is 6.10 Å². The number of hydrogen-bond acceptors (Lipinski definition) is 6. The highest BCUT2D eigenvalue weighted by Crippen LogP contribution is 2.17. The van der Waals surface area contributed by atoms with Crippen molar-refractivity contribution in [3.05, 3.63) is 41.5 Å². The zero-order chi connectivity index (χ0) is 13.7. The van der Waals surface area contributed by atoms with Crippen molar-refractivity contribution in [3.8, 4) is 5.75 Å². The van der Waals surface area contributed by atoms with E-state index < -0.39 is 0 Å². The first kappa shape index (κ1) is 13.5. The molecular weight excluding hydrogens is 246 g/mol. The molecule has 1 heterocycles. The molecule has 2 rings (SSSR count). The Morgan fingerprint density at radius 2 is 2.21 bits per heavy atom. The summed E-state index contributed by atoms with van der Waals surface area (Å²) in [6.07, 6.45) is 0.216. The molecule has 1 unspecified atom stereocenters. The quantitative estimate of drug-likeness (QED) is 0.846. The number of methoxy groups -OCH3 is 2. The average molecular weight is 263 g/mol. The molecule has 0 fully saturated rings. The van der Waals surface area contributed by atoms with Gasteiger partial charge in [0.15, 0.2) is 5.82 Å². The first-order chi connectivity index (χ1) is 9.26. The molecule has 0 saturated heterocycles. The molecule has 6 nitrogen and oxygen atoms in total. The Morgan fingerprint density at radius 1 is 1.37 bits per heavy atom. The van der Waals surface area contributed by atoms with Crippen LogP contribution in [0.25, 0.3) is 0 Å². The molecule has 6 heteroatoms. The van der Waals surface area contributed by atoms with Crippen molar-refractivity contribution >= 4 is 0 Å². The van der Waals surface area contributed by atoms with Gasteiger partial charge in [-0.05, 0) is 17.7 Å². The van der Waals surface area contributed by atoms with E-state index in [4.69, 9.17) is 19.7 Å². The van der Waals surface area contributed by atoms with Crippen LogP contribution < -0.4 is 10.5 Å². The maximum absolute atomic E-state index is 5.55. The second-order valence-corrected chi connectivity index (χ2v) is 4.04. The minimum absolute atomic E-state index is 0.303. The second-order valence-electron chi connectivity index (χ2n) is 4.04. The molecule has 0 aliphatic rings. The lowest BCUT2D eigenvalue weighted by atomic mass is 10.1. The molecule has 1 aromatic carbocycles. The van der Waals surface area contributed by atoms with E-state index in [2.05, 4.69) is 10.1 Å².